The van der Waals surface area contributed by atoms with E-state index in [9.17, 15) is 14.7 Å². The topological polar surface area (TPSA) is 140 Å². The molecule has 0 aliphatic carbocycles. The minimum absolute atomic E-state index is 0.188. The number of halogens is 3. The van der Waals surface area contributed by atoms with Crippen LogP contribution in [0.5, 0.6) is 17.2 Å². The number of methoxy groups -OCH3 is 1. The van der Waals surface area contributed by atoms with Crippen LogP contribution in [0.3, 0.4) is 0 Å². The van der Waals surface area contributed by atoms with Crippen molar-refractivity contribution in [1.82, 2.24) is 16.1 Å². The summed E-state index contributed by atoms with van der Waals surface area (Å²) in [5, 5.41) is 21.4. The van der Waals surface area contributed by atoms with E-state index in [0.29, 0.717) is 55.7 Å². The molecule has 14 heteroatoms. The Morgan fingerprint density at radius 2 is 1.76 bits per heavy atom. The van der Waals surface area contributed by atoms with Crippen LogP contribution in [0.15, 0.2) is 71.0 Å². The molecule has 3 aromatic carbocycles. The zero-order valence-electron chi connectivity index (χ0n) is 24.5. The number of aliphatic hydroxyl groups is 1. The molecule has 45 heavy (non-hydrogen) atoms. The van der Waals surface area contributed by atoms with E-state index in [1.54, 1.807) is 68.4 Å². The standard InChI is InChI=1S/C31H31Cl3N4O7/c1-4-43-26-12-18(29-28(30(40)42-3)17(2)36-31(41)37-29)6-9-25(26)45-16-27(39)38-35-14-20-11-21(32)8-10-24(20)44-15-19-5-7-22(33)13-23(19)34/h5-14,27,29,38-39H,4,15-16H2,1-3H3,(H2,36,37,41)/b35-14+/t27-,29-/m0/s1. The quantitative estimate of drug-likeness (QED) is 0.0777. The van der Waals surface area contributed by atoms with Gasteiger partial charge in [0, 0.05) is 31.9 Å². The third-order valence-electron chi connectivity index (χ3n) is 6.47. The number of carbonyl (C=O) groups excluding carboxylic acids is 2. The summed E-state index contributed by atoms with van der Waals surface area (Å²) < 4.78 is 22.4. The van der Waals surface area contributed by atoms with Crippen molar-refractivity contribution in [2.45, 2.75) is 32.7 Å². The highest BCUT2D eigenvalue weighted by Gasteiger charge is 2.32. The van der Waals surface area contributed by atoms with E-state index in [-0.39, 0.29) is 18.8 Å². The fourth-order valence-electron chi connectivity index (χ4n) is 4.36. The maximum absolute atomic E-state index is 12.5. The number of esters is 1. The first-order chi connectivity index (χ1) is 21.6. The smallest absolute Gasteiger partial charge is 0.337 e. The van der Waals surface area contributed by atoms with Gasteiger partial charge in [-0.15, -0.1) is 0 Å². The summed E-state index contributed by atoms with van der Waals surface area (Å²) in [4.78, 5) is 24.6. The summed E-state index contributed by atoms with van der Waals surface area (Å²) in [5.41, 5.74) is 5.12. The summed E-state index contributed by atoms with van der Waals surface area (Å²) in [5.74, 6) is 0.591. The van der Waals surface area contributed by atoms with Gasteiger partial charge >= 0.3 is 12.0 Å². The largest absolute Gasteiger partial charge is 0.490 e. The molecular weight excluding hydrogens is 647 g/mol. The summed E-state index contributed by atoms with van der Waals surface area (Å²) >= 11 is 18.4. The molecule has 0 radical (unpaired) electrons. The lowest BCUT2D eigenvalue weighted by molar-refractivity contribution is -0.136. The van der Waals surface area contributed by atoms with Crippen LogP contribution in [0.1, 0.15) is 36.6 Å². The summed E-state index contributed by atoms with van der Waals surface area (Å²) in [6, 6.07) is 13.9. The fourth-order valence-corrected chi connectivity index (χ4v) is 5.00. The zero-order chi connectivity index (χ0) is 32.5. The van der Waals surface area contributed by atoms with Crippen molar-refractivity contribution in [2.24, 2.45) is 5.10 Å². The summed E-state index contributed by atoms with van der Waals surface area (Å²) in [7, 11) is 1.27. The van der Waals surface area contributed by atoms with Crippen molar-refractivity contribution >= 4 is 53.0 Å². The molecule has 0 bridgehead atoms. The van der Waals surface area contributed by atoms with Gasteiger partial charge in [0.2, 0.25) is 0 Å². The molecular formula is C31H31Cl3N4O7. The van der Waals surface area contributed by atoms with Gasteiger partial charge in [-0.2, -0.15) is 5.10 Å². The lowest BCUT2D eigenvalue weighted by Crippen LogP contribution is -2.45. The monoisotopic (exact) mass is 676 g/mol. The highest BCUT2D eigenvalue weighted by Crippen LogP contribution is 2.35. The lowest BCUT2D eigenvalue weighted by Gasteiger charge is -2.28. The number of aliphatic hydroxyl groups excluding tert-OH is 1. The second-order valence-corrected chi connectivity index (χ2v) is 10.9. The van der Waals surface area contributed by atoms with Crippen LogP contribution < -0.4 is 30.3 Å². The van der Waals surface area contributed by atoms with Gasteiger partial charge in [0.05, 0.1) is 31.5 Å². The number of allylic oxidation sites excluding steroid dienone is 1. The molecule has 0 aromatic heterocycles. The molecule has 2 atom stereocenters. The Hall–Kier alpha value is -4.16. The van der Waals surface area contributed by atoms with E-state index >= 15 is 0 Å². The maximum Gasteiger partial charge on any atom is 0.337 e. The average molecular weight is 678 g/mol. The lowest BCUT2D eigenvalue weighted by atomic mass is 9.95. The van der Waals surface area contributed by atoms with E-state index in [1.807, 2.05) is 0 Å². The second kappa shape index (κ2) is 15.7. The van der Waals surface area contributed by atoms with Crippen LogP contribution in [0.25, 0.3) is 0 Å². The second-order valence-electron chi connectivity index (χ2n) is 9.62. The molecule has 0 spiro atoms. The number of rotatable bonds is 13. The van der Waals surface area contributed by atoms with Gasteiger partial charge < -0.3 is 34.7 Å². The normalized spacial score (nSPS) is 15.3. The SMILES string of the molecule is CCOc1cc([C@@H]2NC(=O)NC(C)=C2C(=O)OC)ccc1OC[C@H](O)N/N=C/c1cc(Cl)ccc1OCc1ccc(Cl)cc1Cl. The van der Waals surface area contributed by atoms with Crippen LogP contribution in [0, 0.1) is 0 Å². The minimum Gasteiger partial charge on any atom is -0.490 e. The Kier molecular flexibility index (Phi) is 11.8. The third kappa shape index (κ3) is 8.95. The molecule has 0 saturated carbocycles. The van der Waals surface area contributed by atoms with Crippen LogP contribution in [-0.4, -0.2) is 49.9 Å². The van der Waals surface area contributed by atoms with E-state index in [4.69, 9.17) is 53.8 Å². The molecule has 1 heterocycles. The molecule has 1 aliphatic heterocycles. The van der Waals surface area contributed by atoms with Gasteiger partial charge in [0.25, 0.3) is 0 Å². The Morgan fingerprint density at radius 3 is 2.49 bits per heavy atom. The number of ether oxygens (including phenoxy) is 4. The van der Waals surface area contributed by atoms with Crippen LogP contribution in [0.4, 0.5) is 4.79 Å². The minimum atomic E-state index is -1.20. The predicted octanol–water partition coefficient (Wildman–Crippen LogP) is 5.75. The Labute approximate surface area is 275 Å². The molecule has 0 unspecified atom stereocenters. The molecule has 2 amide bonds. The number of amides is 2. The van der Waals surface area contributed by atoms with E-state index in [0.717, 1.165) is 5.56 Å². The highest BCUT2D eigenvalue weighted by atomic mass is 35.5. The molecule has 3 aromatic rings. The van der Waals surface area contributed by atoms with Gasteiger partial charge in [-0.05, 0) is 61.9 Å². The van der Waals surface area contributed by atoms with E-state index < -0.39 is 24.3 Å². The number of carbonyl (C=O) groups is 2. The first kappa shape index (κ1) is 33.7. The molecule has 0 saturated heterocycles. The number of hydrogen-bond acceptors (Lipinski definition) is 9. The molecule has 11 nitrogen and oxygen atoms in total. The summed E-state index contributed by atoms with van der Waals surface area (Å²) in [6.45, 7) is 3.73. The molecule has 238 valence electrons. The molecule has 4 N–H and O–H groups in total. The van der Waals surface area contributed by atoms with Crippen molar-refractivity contribution in [3.63, 3.8) is 0 Å². The summed E-state index contributed by atoms with van der Waals surface area (Å²) in [6.07, 6.45) is 0.253. The zero-order valence-corrected chi connectivity index (χ0v) is 26.8. The van der Waals surface area contributed by atoms with Crippen molar-refractivity contribution in [3.05, 3.63) is 97.6 Å². The maximum atomic E-state index is 12.5. The first-order valence-electron chi connectivity index (χ1n) is 13.7. The highest BCUT2D eigenvalue weighted by molar-refractivity contribution is 6.35. The number of urea groups is 1. The average Bonchev–Trinajstić information content (AvgIpc) is 3.00. The van der Waals surface area contributed by atoms with Crippen molar-refractivity contribution in [1.29, 1.82) is 0 Å². The number of nitrogens with zero attached hydrogens (tertiary/aromatic N) is 1. The van der Waals surface area contributed by atoms with Gasteiger partial charge in [-0.3, -0.25) is 5.43 Å². The van der Waals surface area contributed by atoms with Crippen LogP contribution in [0.2, 0.25) is 15.1 Å². The van der Waals surface area contributed by atoms with Crippen LogP contribution in [-0.2, 0) is 16.1 Å². The van der Waals surface area contributed by atoms with Gasteiger partial charge in [-0.25, -0.2) is 9.59 Å². The number of benzene rings is 3. The number of nitrogens with one attached hydrogen (secondary N) is 3. The van der Waals surface area contributed by atoms with Crippen molar-refractivity contribution < 1.29 is 33.6 Å². The predicted molar refractivity (Wildman–Crippen MR) is 171 cm³/mol. The van der Waals surface area contributed by atoms with E-state index in [1.165, 1.54) is 13.3 Å². The van der Waals surface area contributed by atoms with Crippen LogP contribution >= 0.6 is 34.8 Å². The molecule has 1 aliphatic rings. The Bertz CT molecular complexity index is 1620. The van der Waals surface area contributed by atoms with E-state index in [2.05, 4.69) is 21.2 Å². The third-order valence-corrected chi connectivity index (χ3v) is 7.29. The van der Waals surface area contributed by atoms with Gasteiger partial charge in [-0.1, -0.05) is 46.9 Å². The molecule has 4 rings (SSSR count). The van der Waals surface area contributed by atoms with Gasteiger partial charge in [0.1, 0.15) is 19.0 Å². The van der Waals surface area contributed by atoms with Crippen molar-refractivity contribution in [2.75, 3.05) is 20.3 Å². The Balaban J connectivity index is 1.41. The molecule has 0 fully saturated rings. The number of hydrogen-bond donors (Lipinski definition) is 4. The Morgan fingerprint density at radius 1 is 1.02 bits per heavy atom. The first-order valence-corrected chi connectivity index (χ1v) is 14.8. The number of hydrazone groups is 1. The van der Waals surface area contributed by atoms with Gasteiger partial charge in [0.15, 0.2) is 17.7 Å². The fraction of sp³-hybridized carbons (Fsp3) is 0.258. The van der Waals surface area contributed by atoms with Crippen molar-refractivity contribution in [3.8, 4) is 17.2 Å².